The lowest BCUT2D eigenvalue weighted by Crippen LogP contribution is -2.43. The van der Waals surface area contributed by atoms with Gasteiger partial charge in [-0.15, -0.1) is 0 Å². The summed E-state index contributed by atoms with van der Waals surface area (Å²) in [5, 5.41) is 11.0. The number of ether oxygens (including phenoxy) is 2. The number of β-amino-alcohol motifs (C(OH)–C–C–N with tert-alkyl or cyclic N) is 1. The highest BCUT2D eigenvalue weighted by Crippen LogP contribution is 2.25. The fourth-order valence-electron chi connectivity index (χ4n) is 4.22. The number of benzene rings is 1. The highest BCUT2D eigenvalue weighted by atomic mass is 16.5. The smallest absolute Gasteiger partial charge is 0.260 e. The lowest BCUT2D eigenvalue weighted by Gasteiger charge is -2.29. The number of morpholine rings is 1. The van der Waals surface area contributed by atoms with E-state index in [0.717, 1.165) is 12.1 Å². The van der Waals surface area contributed by atoms with Crippen molar-refractivity contribution in [3.63, 3.8) is 0 Å². The van der Waals surface area contributed by atoms with Crippen molar-refractivity contribution >= 4 is 11.9 Å². The molecule has 1 unspecified atom stereocenters. The molecule has 0 radical (unpaired) electrons. The summed E-state index contributed by atoms with van der Waals surface area (Å²) in [5.41, 5.74) is 0.320. The Balaban J connectivity index is 1.23. The molecular formula is C23H31N5O4. The summed E-state index contributed by atoms with van der Waals surface area (Å²) in [6.45, 7) is 4.97. The minimum absolute atomic E-state index is 0.0168. The van der Waals surface area contributed by atoms with Gasteiger partial charge in [-0.3, -0.25) is 9.69 Å². The van der Waals surface area contributed by atoms with E-state index in [1.807, 2.05) is 36.2 Å². The molecule has 9 heteroatoms. The summed E-state index contributed by atoms with van der Waals surface area (Å²) in [4.78, 5) is 26.7. The van der Waals surface area contributed by atoms with Crippen LogP contribution in [0.3, 0.4) is 0 Å². The molecule has 2 aliphatic heterocycles. The largest absolute Gasteiger partial charge is 0.484 e. The van der Waals surface area contributed by atoms with Crippen molar-refractivity contribution in [2.24, 2.45) is 0 Å². The molecule has 0 saturated carbocycles. The Hall–Kier alpha value is -2.75. The highest BCUT2D eigenvalue weighted by Gasteiger charge is 2.38. The van der Waals surface area contributed by atoms with Crippen LogP contribution in [0.4, 0.5) is 5.95 Å². The van der Waals surface area contributed by atoms with Gasteiger partial charge in [0.2, 0.25) is 5.95 Å². The van der Waals surface area contributed by atoms with Crippen molar-refractivity contribution < 1.29 is 19.4 Å². The molecule has 1 amide bonds. The van der Waals surface area contributed by atoms with E-state index >= 15 is 0 Å². The van der Waals surface area contributed by atoms with Gasteiger partial charge in [0, 0.05) is 45.1 Å². The van der Waals surface area contributed by atoms with E-state index in [2.05, 4.69) is 14.9 Å². The van der Waals surface area contributed by atoms with Crippen LogP contribution in [0.5, 0.6) is 5.75 Å². The van der Waals surface area contributed by atoms with E-state index < -0.39 is 5.60 Å². The number of hydrogen-bond donors (Lipinski definition) is 1. The number of nitrogens with zero attached hydrogens (tertiary/aromatic N) is 5. The van der Waals surface area contributed by atoms with E-state index in [-0.39, 0.29) is 12.5 Å². The molecular weight excluding hydrogens is 410 g/mol. The SMILES string of the molecule is CN(Cc1ccc(OCC(=O)N2CCOCC2)cc1)CC1(O)CCN(c2ncccn2)C1. The van der Waals surface area contributed by atoms with Crippen molar-refractivity contribution in [3.05, 3.63) is 48.3 Å². The predicted molar refractivity (Wildman–Crippen MR) is 119 cm³/mol. The van der Waals surface area contributed by atoms with Crippen LogP contribution in [0, 0.1) is 0 Å². The van der Waals surface area contributed by atoms with Crippen LogP contribution in [0.1, 0.15) is 12.0 Å². The Bertz CT molecular complexity index is 876. The van der Waals surface area contributed by atoms with Crippen molar-refractivity contribution in [2.75, 3.05) is 64.5 Å². The minimum Gasteiger partial charge on any atom is -0.484 e. The maximum Gasteiger partial charge on any atom is 0.260 e. The highest BCUT2D eigenvalue weighted by molar-refractivity contribution is 5.77. The second-order valence-corrected chi connectivity index (χ2v) is 8.54. The topological polar surface area (TPSA) is 91.3 Å². The van der Waals surface area contributed by atoms with Crippen LogP contribution in [-0.4, -0.2) is 96.0 Å². The molecule has 2 saturated heterocycles. The molecule has 172 valence electrons. The normalized spacial score (nSPS) is 21.2. The van der Waals surface area contributed by atoms with Gasteiger partial charge in [-0.05, 0) is 37.2 Å². The first-order valence-electron chi connectivity index (χ1n) is 11.0. The summed E-state index contributed by atoms with van der Waals surface area (Å²) in [5.74, 6) is 1.32. The number of carbonyl (C=O) groups excluding carboxylic acids is 1. The minimum atomic E-state index is -0.795. The Morgan fingerprint density at radius 1 is 1.19 bits per heavy atom. The lowest BCUT2D eigenvalue weighted by molar-refractivity contribution is -0.137. The zero-order valence-corrected chi connectivity index (χ0v) is 18.5. The second kappa shape index (κ2) is 10.2. The second-order valence-electron chi connectivity index (χ2n) is 8.54. The van der Waals surface area contributed by atoms with E-state index in [1.54, 1.807) is 23.4 Å². The fourth-order valence-corrected chi connectivity index (χ4v) is 4.22. The van der Waals surface area contributed by atoms with Gasteiger partial charge in [0.25, 0.3) is 5.91 Å². The van der Waals surface area contributed by atoms with Crippen molar-refractivity contribution in [3.8, 4) is 5.75 Å². The molecule has 0 aliphatic carbocycles. The van der Waals surface area contributed by atoms with Crippen LogP contribution < -0.4 is 9.64 Å². The quantitative estimate of drug-likeness (QED) is 0.643. The first-order valence-corrected chi connectivity index (χ1v) is 11.0. The third kappa shape index (κ3) is 5.93. The zero-order valence-electron chi connectivity index (χ0n) is 18.5. The number of aliphatic hydroxyl groups is 1. The van der Waals surface area contributed by atoms with Crippen molar-refractivity contribution in [2.45, 2.75) is 18.6 Å². The maximum absolute atomic E-state index is 12.2. The average molecular weight is 442 g/mol. The monoisotopic (exact) mass is 441 g/mol. The number of amides is 1. The molecule has 9 nitrogen and oxygen atoms in total. The van der Waals surface area contributed by atoms with E-state index in [1.165, 1.54) is 0 Å². The summed E-state index contributed by atoms with van der Waals surface area (Å²) >= 11 is 0. The fraction of sp³-hybridized carbons (Fsp3) is 0.522. The Labute approximate surface area is 188 Å². The molecule has 1 atom stereocenters. The number of anilines is 1. The molecule has 4 rings (SSSR count). The summed E-state index contributed by atoms with van der Waals surface area (Å²) in [7, 11) is 2.01. The van der Waals surface area contributed by atoms with E-state index in [9.17, 15) is 9.90 Å². The van der Waals surface area contributed by atoms with Gasteiger partial charge in [0.05, 0.1) is 25.4 Å². The molecule has 32 heavy (non-hydrogen) atoms. The number of aromatic nitrogens is 2. The third-order valence-corrected chi connectivity index (χ3v) is 5.83. The Kier molecular flexibility index (Phi) is 7.19. The first-order chi connectivity index (χ1) is 15.5. The predicted octanol–water partition coefficient (Wildman–Crippen LogP) is 0.787. The van der Waals surface area contributed by atoms with E-state index in [0.29, 0.717) is 64.1 Å². The Morgan fingerprint density at radius 3 is 2.62 bits per heavy atom. The van der Waals surface area contributed by atoms with E-state index in [4.69, 9.17) is 9.47 Å². The van der Waals surface area contributed by atoms with Gasteiger partial charge in [-0.25, -0.2) is 9.97 Å². The summed E-state index contributed by atoms with van der Waals surface area (Å²) < 4.78 is 10.9. The lowest BCUT2D eigenvalue weighted by atomic mass is 10.0. The number of rotatable bonds is 8. The van der Waals surface area contributed by atoms with Crippen LogP contribution in [0.25, 0.3) is 0 Å². The van der Waals surface area contributed by atoms with Gasteiger partial charge in [0.1, 0.15) is 5.75 Å². The number of carbonyl (C=O) groups is 1. The molecule has 1 N–H and O–H groups in total. The third-order valence-electron chi connectivity index (χ3n) is 5.83. The molecule has 1 aromatic heterocycles. The molecule has 2 fully saturated rings. The molecule has 2 aromatic rings. The van der Waals surface area contributed by atoms with Crippen LogP contribution >= 0.6 is 0 Å². The summed E-state index contributed by atoms with van der Waals surface area (Å²) in [6.07, 6.45) is 4.12. The molecule has 3 heterocycles. The summed E-state index contributed by atoms with van der Waals surface area (Å²) in [6, 6.07) is 9.54. The molecule has 2 aliphatic rings. The van der Waals surface area contributed by atoms with Crippen LogP contribution in [-0.2, 0) is 16.1 Å². The zero-order chi connectivity index (χ0) is 22.4. The number of likely N-dealkylation sites (N-methyl/N-ethyl adjacent to an activating group) is 1. The van der Waals surface area contributed by atoms with Gasteiger partial charge >= 0.3 is 0 Å². The molecule has 0 spiro atoms. The van der Waals surface area contributed by atoms with Crippen molar-refractivity contribution in [1.29, 1.82) is 0 Å². The Morgan fingerprint density at radius 2 is 1.91 bits per heavy atom. The number of hydrogen-bond acceptors (Lipinski definition) is 8. The standard InChI is InChI=1S/C23H31N5O4/c1-26(17-23(30)7-10-28(18-23)22-24-8-2-9-25-22)15-19-3-5-20(6-4-19)32-16-21(29)27-11-13-31-14-12-27/h2-6,8-9,30H,7,10-18H2,1H3. The van der Waals surface area contributed by atoms with Crippen LogP contribution in [0.15, 0.2) is 42.7 Å². The molecule has 1 aromatic carbocycles. The average Bonchev–Trinajstić information content (AvgIpc) is 3.21. The maximum atomic E-state index is 12.2. The molecule has 0 bridgehead atoms. The van der Waals surface area contributed by atoms with Gasteiger partial charge in [-0.2, -0.15) is 0 Å². The van der Waals surface area contributed by atoms with Gasteiger partial charge in [0.15, 0.2) is 6.61 Å². The van der Waals surface area contributed by atoms with Gasteiger partial charge < -0.3 is 24.4 Å². The van der Waals surface area contributed by atoms with Gasteiger partial charge in [-0.1, -0.05) is 12.1 Å². The first kappa shape index (κ1) is 22.4. The van der Waals surface area contributed by atoms with Crippen LogP contribution in [0.2, 0.25) is 0 Å². The van der Waals surface area contributed by atoms with Crippen molar-refractivity contribution in [1.82, 2.24) is 19.8 Å².